The highest BCUT2D eigenvalue weighted by Crippen LogP contribution is 2.19. The van der Waals surface area contributed by atoms with E-state index in [-0.39, 0.29) is 24.4 Å². The zero-order valence-electron chi connectivity index (χ0n) is 10.5. The molecule has 0 unspecified atom stereocenters. The van der Waals surface area contributed by atoms with Crippen LogP contribution in [0, 0.1) is 0 Å². The molecule has 2 heterocycles. The number of amides is 1. The fourth-order valence-electron chi connectivity index (χ4n) is 2.50. The van der Waals surface area contributed by atoms with E-state index in [0.717, 1.165) is 23.7 Å². The zero-order chi connectivity index (χ0) is 13.2. The maximum absolute atomic E-state index is 12.3. The first-order valence-electron chi connectivity index (χ1n) is 6.43. The Morgan fingerprint density at radius 2 is 2.26 bits per heavy atom. The van der Waals surface area contributed by atoms with Gasteiger partial charge in [0.15, 0.2) is 0 Å². The van der Waals surface area contributed by atoms with Crippen LogP contribution in [0.1, 0.15) is 23.5 Å². The molecule has 0 radical (unpaired) electrons. The Morgan fingerprint density at radius 3 is 3.11 bits per heavy atom. The number of aliphatic hydroxyl groups excluding tert-OH is 1. The Morgan fingerprint density at radius 1 is 1.42 bits per heavy atom. The van der Waals surface area contributed by atoms with Crippen LogP contribution in [0.25, 0.3) is 10.9 Å². The molecule has 1 aromatic heterocycles. The molecule has 0 bridgehead atoms. The maximum atomic E-state index is 12.3. The van der Waals surface area contributed by atoms with E-state index in [1.165, 1.54) is 0 Å². The summed E-state index contributed by atoms with van der Waals surface area (Å²) in [5, 5.41) is 10.2. The lowest BCUT2D eigenvalue weighted by molar-refractivity contribution is 0.0666. The average molecular weight is 257 g/mol. The number of likely N-dealkylation sites (tertiary alicyclic amines) is 1. The zero-order valence-corrected chi connectivity index (χ0v) is 10.5. The van der Waals surface area contributed by atoms with Gasteiger partial charge >= 0.3 is 0 Å². The second-order valence-electron chi connectivity index (χ2n) is 4.73. The van der Waals surface area contributed by atoms with Gasteiger partial charge in [-0.3, -0.25) is 4.79 Å². The third kappa shape index (κ3) is 2.17. The minimum absolute atomic E-state index is 0.000673. The molecule has 19 heavy (non-hydrogen) atoms. The fourth-order valence-corrected chi connectivity index (χ4v) is 2.50. The SMILES string of the molecule is O=C(c1ncc2ccccc2n1)N1CCC[C@@H]1CO. The number of para-hydroxylation sites is 1. The number of aliphatic hydroxyl groups is 1. The normalized spacial score (nSPS) is 19.0. The highest BCUT2D eigenvalue weighted by molar-refractivity contribution is 5.93. The minimum atomic E-state index is -0.192. The number of hydrogen-bond acceptors (Lipinski definition) is 4. The van der Waals surface area contributed by atoms with Gasteiger partial charge in [0, 0.05) is 18.1 Å². The lowest BCUT2D eigenvalue weighted by Crippen LogP contribution is -2.38. The van der Waals surface area contributed by atoms with E-state index in [2.05, 4.69) is 9.97 Å². The molecule has 3 rings (SSSR count). The van der Waals surface area contributed by atoms with Gasteiger partial charge in [0.25, 0.3) is 5.91 Å². The van der Waals surface area contributed by atoms with Gasteiger partial charge in [-0.1, -0.05) is 18.2 Å². The molecule has 1 N–H and O–H groups in total. The number of hydrogen-bond donors (Lipinski definition) is 1. The van der Waals surface area contributed by atoms with E-state index in [1.807, 2.05) is 24.3 Å². The summed E-state index contributed by atoms with van der Waals surface area (Å²) >= 11 is 0. The first kappa shape index (κ1) is 12.0. The Balaban J connectivity index is 1.93. The Kier molecular flexibility index (Phi) is 3.13. The van der Waals surface area contributed by atoms with Gasteiger partial charge in [-0.2, -0.15) is 0 Å². The standard InChI is InChI=1S/C14H15N3O2/c18-9-11-5-3-7-17(11)14(19)13-15-8-10-4-1-2-6-12(10)16-13/h1-2,4,6,8,11,18H,3,5,7,9H2/t11-/m1/s1. The number of carbonyl (C=O) groups is 1. The van der Waals surface area contributed by atoms with Crippen molar-refractivity contribution in [2.75, 3.05) is 13.2 Å². The summed E-state index contributed by atoms with van der Waals surface area (Å²) in [6, 6.07) is 7.48. The lowest BCUT2D eigenvalue weighted by atomic mass is 10.2. The van der Waals surface area contributed by atoms with Crippen molar-refractivity contribution >= 4 is 16.8 Å². The van der Waals surface area contributed by atoms with Crippen molar-refractivity contribution in [2.45, 2.75) is 18.9 Å². The van der Waals surface area contributed by atoms with Crippen molar-refractivity contribution in [3.63, 3.8) is 0 Å². The molecule has 0 spiro atoms. The van der Waals surface area contributed by atoms with Crippen LogP contribution >= 0.6 is 0 Å². The van der Waals surface area contributed by atoms with Crippen LogP contribution in [0.5, 0.6) is 0 Å². The van der Waals surface area contributed by atoms with Crippen molar-refractivity contribution in [1.82, 2.24) is 14.9 Å². The van der Waals surface area contributed by atoms with Crippen LogP contribution in [0.2, 0.25) is 0 Å². The molecule has 1 fully saturated rings. The smallest absolute Gasteiger partial charge is 0.292 e. The molecular formula is C14H15N3O2. The molecule has 1 aliphatic heterocycles. The fraction of sp³-hybridized carbons (Fsp3) is 0.357. The lowest BCUT2D eigenvalue weighted by Gasteiger charge is -2.21. The van der Waals surface area contributed by atoms with Gasteiger partial charge in [-0.15, -0.1) is 0 Å². The molecule has 1 aliphatic rings. The number of aromatic nitrogens is 2. The van der Waals surface area contributed by atoms with Crippen molar-refractivity contribution < 1.29 is 9.90 Å². The van der Waals surface area contributed by atoms with Crippen LogP contribution in [-0.2, 0) is 0 Å². The van der Waals surface area contributed by atoms with E-state index >= 15 is 0 Å². The molecule has 5 nitrogen and oxygen atoms in total. The van der Waals surface area contributed by atoms with E-state index in [4.69, 9.17) is 0 Å². The molecule has 98 valence electrons. The van der Waals surface area contributed by atoms with Crippen molar-refractivity contribution in [3.05, 3.63) is 36.3 Å². The van der Waals surface area contributed by atoms with E-state index < -0.39 is 0 Å². The van der Waals surface area contributed by atoms with E-state index in [1.54, 1.807) is 11.1 Å². The summed E-state index contributed by atoms with van der Waals surface area (Å²) in [6.07, 6.45) is 3.43. The highest BCUT2D eigenvalue weighted by Gasteiger charge is 2.30. The maximum Gasteiger partial charge on any atom is 0.292 e. The molecule has 1 amide bonds. The predicted molar refractivity (Wildman–Crippen MR) is 70.7 cm³/mol. The Labute approximate surface area is 110 Å². The second-order valence-corrected chi connectivity index (χ2v) is 4.73. The van der Waals surface area contributed by atoms with Gasteiger partial charge in [0.05, 0.1) is 18.2 Å². The summed E-state index contributed by atoms with van der Waals surface area (Å²) in [5.41, 5.74) is 0.764. The number of fused-ring (bicyclic) bond motifs is 1. The molecule has 1 saturated heterocycles. The number of nitrogens with zero attached hydrogens (tertiary/aromatic N) is 3. The quantitative estimate of drug-likeness (QED) is 0.878. The molecule has 1 atom stereocenters. The van der Waals surface area contributed by atoms with Gasteiger partial charge < -0.3 is 10.0 Å². The summed E-state index contributed by atoms with van der Waals surface area (Å²) in [4.78, 5) is 22.5. The average Bonchev–Trinajstić information content (AvgIpc) is 2.94. The molecular weight excluding hydrogens is 242 g/mol. The Bertz CT molecular complexity index is 614. The summed E-state index contributed by atoms with van der Waals surface area (Å²) in [5.74, 6) is 0.0151. The first-order chi connectivity index (χ1) is 9.29. The summed E-state index contributed by atoms with van der Waals surface area (Å²) < 4.78 is 0. The molecule has 2 aromatic rings. The number of carbonyl (C=O) groups excluding carboxylic acids is 1. The van der Waals surface area contributed by atoms with Crippen molar-refractivity contribution in [2.24, 2.45) is 0 Å². The minimum Gasteiger partial charge on any atom is -0.394 e. The Hall–Kier alpha value is -2.01. The van der Waals surface area contributed by atoms with Crippen LogP contribution in [0.4, 0.5) is 0 Å². The molecule has 0 saturated carbocycles. The molecule has 1 aromatic carbocycles. The molecule has 5 heteroatoms. The number of rotatable bonds is 2. The van der Waals surface area contributed by atoms with E-state index in [9.17, 15) is 9.90 Å². The van der Waals surface area contributed by atoms with Gasteiger partial charge in [-0.05, 0) is 18.9 Å². The van der Waals surface area contributed by atoms with Crippen molar-refractivity contribution in [3.8, 4) is 0 Å². The summed E-state index contributed by atoms with van der Waals surface area (Å²) in [7, 11) is 0. The van der Waals surface area contributed by atoms with Gasteiger partial charge in [0.1, 0.15) is 0 Å². The highest BCUT2D eigenvalue weighted by atomic mass is 16.3. The van der Waals surface area contributed by atoms with Crippen LogP contribution in [0.15, 0.2) is 30.5 Å². The van der Waals surface area contributed by atoms with Crippen LogP contribution in [0.3, 0.4) is 0 Å². The third-order valence-electron chi connectivity index (χ3n) is 3.53. The largest absolute Gasteiger partial charge is 0.394 e. The first-order valence-corrected chi connectivity index (χ1v) is 6.43. The monoisotopic (exact) mass is 257 g/mol. The third-order valence-corrected chi connectivity index (χ3v) is 3.53. The van der Waals surface area contributed by atoms with Gasteiger partial charge in [0.2, 0.25) is 5.82 Å². The second kappa shape index (κ2) is 4.93. The van der Waals surface area contributed by atoms with E-state index in [0.29, 0.717) is 6.54 Å². The number of benzene rings is 1. The van der Waals surface area contributed by atoms with Gasteiger partial charge in [-0.25, -0.2) is 9.97 Å². The topological polar surface area (TPSA) is 66.3 Å². The molecule has 0 aliphatic carbocycles. The summed E-state index contributed by atoms with van der Waals surface area (Å²) in [6.45, 7) is 0.666. The predicted octanol–water partition coefficient (Wildman–Crippen LogP) is 1.23. The van der Waals surface area contributed by atoms with Crippen LogP contribution in [-0.4, -0.2) is 45.1 Å². The van der Waals surface area contributed by atoms with Crippen molar-refractivity contribution in [1.29, 1.82) is 0 Å². The van der Waals surface area contributed by atoms with Crippen LogP contribution < -0.4 is 0 Å².